The molecule has 0 saturated carbocycles. The standard InChI is InChI=1S/C30H18N4S/c1-5-13-25-19(9-1)20-10-2-6-14-26(20)33(25)29-17-23-24(32-35-31-23)18-30(29)34-27-15-7-3-11-21(27)22-12-4-8-16-28(22)34/h1-18H. The summed E-state index contributed by atoms with van der Waals surface area (Å²) in [5.41, 5.74) is 8.73. The maximum absolute atomic E-state index is 4.60. The van der Waals surface area contributed by atoms with Crippen molar-refractivity contribution < 1.29 is 0 Å². The highest BCUT2D eigenvalue weighted by Gasteiger charge is 2.20. The van der Waals surface area contributed by atoms with Gasteiger partial charge in [0.2, 0.25) is 0 Å². The molecule has 0 atom stereocenters. The van der Waals surface area contributed by atoms with E-state index in [9.17, 15) is 0 Å². The number of hydrogen-bond acceptors (Lipinski definition) is 3. The van der Waals surface area contributed by atoms with E-state index in [-0.39, 0.29) is 0 Å². The first kappa shape index (κ1) is 18.9. The van der Waals surface area contributed by atoms with Gasteiger partial charge < -0.3 is 9.13 Å². The van der Waals surface area contributed by atoms with E-state index in [0.717, 1.165) is 22.4 Å². The van der Waals surface area contributed by atoms with E-state index in [0.29, 0.717) is 0 Å². The zero-order valence-electron chi connectivity index (χ0n) is 18.6. The fourth-order valence-electron chi connectivity index (χ4n) is 5.53. The van der Waals surface area contributed by atoms with Crippen LogP contribution in [0.4, 0.5) is 0 Å². The van der Waals surface area contributed by atoms with Crippen molar-refractivity contribution in [3.05, 3.63) is 109 Å². The van der Waals surface area contributed by atoms with Crippen LogP contribution in [0, 0.1) is 0 Å². The molecule has 0 amide bonds. The van der Waals surface area contributed by atoms with Gasteiger partial charge >= 0.3 is 0 Å². The maximum atomic E-state index is 4.60. The molecule has 0 aliphatic carbocycles. The molecule has 35 heavy (non-hydrogen) atoms. The van der Waals surface area contributed by atoms with Crippen LogP contribution in [0.3, 0.4) is 0 Å². The number of hydrogen-bond donors (Lipinski definition) is 0. The average Bonchev–Trinajstić information content (AvgIpc) is 3.60. The Morgan fingerprint density at radius 1 is 0.429 bits per heavy atom. The first-order chi connectivity index (χ1) is 17.4. The van der Waals surface area contributed by atoms with Gasteiger partial charge in [-0.1, -0.05) is 72.8 Å². The molecule has 0 radical (unpaired) electrons. The van der Waals surface area contributed by atoms with Crippen molar-refractivity contribution in [2.75, 3.05) is 0 Å². The van der Waals surface area contributed by atoms with Crippen LogP contribution in [0.15, 0.2) is 109 Å². The molecule has 5 heteroatoms. The van der Waals surface area contributed by atoms with E-state index in [1.54, 1.807) is 0 Å². The molecule has 0 bridgehead atoms. The van der Waals surface area contributed by atoms with E-state index in [2.05, 4.69) is 127 Å². The van der Waals surface area contributed by atoms with Crippen LogP contribution in [0.1, 0.15) is 0 Å². The molecule has 3 aromatic heterocycles. The maximum Gasteiger partial charge on any atom is 0.107 e. The highest BCUT2D eigenvalue weighted by atomic mass is 32.1. The van der Waals surface area contributed by atoms with Crippen LogP contribution in [0.25, 0.3) is 66.0 Å². The fourth-order valence-corrected chi connectivity index (χ4v) is 6.04. The van der Waals surface area contributed by atoms with Gasteiger partial charge in [0, 0.05) is 21.5 Å². The van der Waals surface area contributed by atoms with Gasteiger partial charge in [-0.05, 0) is 36.4 Å². The lowest BCUT2D eigenvalue weighted by Crippen LogP contribution is -2.03. The molecular weight excluding hydrogens is 448 g/mol. The molecule has 0 N–H and O–H groups in total. The van der Waals surface area contributed by atoms with Crippen molar-refractivity contribution in [1.82, 2.24) is 17.9 Å². The highest BCUT2D eigenvalue weighted by Crippen LogP contribution is 2.39. The summed E-state index contributed by atoms with van der Waals surface area (Å²) in [6.07, 6.45) is 0. The number of para-hydroxylation sites is 4. The third-order valence-electron chi connectivity index (χ3n) is 6.99. The summed E-state index contributed by atoms with van der Waals surface area (Å²) < 4.78 is 14.0. The Morgan fingerprint density at radius 3 is 1.09 bits per heavy atom. The molecule has 0 fully saturated rings. The van der Waals surface area contributed by atoms with Crippen molar-refractivity contribution in [1.29, 1.82) is 0 Å². The van der Waals surface area contributed by atoms with Crippen LogP contribution in [0.2, 0.25) is 0 Å². The van der Waals surface area contributed by atoms with Gasteiger partial charge in [-0.25, -0.2) is 0 Å². The van der Waals surface area contributed by atoms with Gasteiger partial charge in [0.05, 0.1) is 45.2 Å². The molecular formula is C30H18N4S. The Kier molecular flexibility index (Phi) is 3.78. The first-order valence-corrected chi connectivity index (χ1v) is 12.3. The molecule has 0 spiro atoms. The molecule has 8 aromatic rings. The SMILES string of the molecule is c1ccc2c(c1)c1ccccc1n2-c1cc2nsnc2cc1-n1c2ccccc2c2ccccc21. The summed E-state index contributed by atoms with van der Waals surface area (Å²) in [7, 11) is 0. The Bertz CT molecular complexity index is 1820. The zero-order valence-corrected chi connectivity index (χ0v) is 19.4. The molecule has 0 aliphatic rings. The van der Waals surface area contributed by atoms with Crippen molar-refractivity contribution in [3.8, 4) is 11.4 Å². The minimum absolute atomic E-state index is 0.913. The van der Waals surface area contributed by atoms with Gasteiger partial charge in [0.1, 0.15) is 11.0 Å². The van der Waals surface area contributed by atoms with E-state index in [4.69, 9.17) is 0 Å². The van der Waals surface area contributed by atoms with E-state index in [1.165, 1.54) is 55.3 Å². The van der Waals surface area contributed by atoms with Crippen LogP contribution in [0.5, 0.6) is 0 Å². The van der Waals surface area contributed by atoms with Crippen LogP contribution < -0.4 is 0 Å². The van der Waals surface area contributed by atoms with E-state index >= 15 is 0 Å². The topological polar surface area (TPSA) is 35.6 Å². The monoisotopic (exact) mass is 466 g/mol. The molecule has 4 nitrogen and oxygen atoms in total. The summed E-state index contributed by atoms with van der Waals surface area (Å²) in [5, 5.41) is 4.97. The normalized spacial score (nSPS) is 12.0. The average molecular weight is 467 g/mol. The van der Waals surface area contributed by atoms with Gasteiger partial charge in [0.15, 0.2) is 0 Å². The van der Waals surface area contributed by atoms with Crippen LogP contribution >= 0.6 is 11.7 Å². The second kappa shape index (κ2) is 7.01. The number of fused-ring (bicyclic) bond motifs is 7. The fraction of sp³-hybridized carbons (Fsp3) is 0. The molecule has 0 saturated heterocycles. The molecule has 3 heterocycles. The predicted octanol–water partition coefficient (Wildman–Crippen LogP) is 7.89. The molecule has 5 aromatic carbocycles. The van der Waals surface area contributed by atoms with Crippen LogP contribution in [-0.4, -0.2) is 17.9 Å². The highest BCUT2D eigenvalue weighted by molar-refractivity contribution is 7.00. The molecule has 0 aliphatic heterocycles. The summed E-state index contributed by atoms with van der Waals surface area (Å²) in [4.78, 5) is 0. The van der Waals surface area contributed by atoms with Crippen molar-refractivity contribution in [2.24, 2.45) is 0 Å². The summed E-state index contributed by atoms with van der Waals surface area (Å²) >= 11 is 1.26. The Labute approximate surface area is 204 Å². The third kappa shape index (κ3) is 2.56. The minimum Gasteiger partial charge on any atom is -0.307 e. The minimum atomic E-state index is 0.913. The van der Waals surface area contributed by atoms with Gasteiger partial charge in [-0.15, -0.1) is 0 Å². The zero-order chi connectivity index (χ0) is 22.9. The van der Waals surface area contributed by atoms with Crippen molar-refractivity contribution in [3.63, 3.8) is 0 Å². The van der Waals surface area contributed by atoms with Crippen molar-refractivity contribution >= 4 is 66.4 Å². The molecule has 8 rings (SSSR count). The first-order valence-electron chi connectivity index (χ1n) is 11.6. The van der Waals surface area contributed by atoms with E-state index < -0.39 is 0 Å². The Balaban J connectivity index is 1.60. The lowest BCUT2D eigenvalue weighted by Gasteiger charge is -2.16. The Hall–Kier alpha value is -4.48. The third-order valence-corrected chi connectivity index (χ3v) is 7.55. The van der Waals surface area contributed by atoms with Gasteiger partial charge in [0.25, 0.3) is 0 Å². The summed E-state index contributed by atoms with van der Waals surface area (Å²) in [5.74, 6) is 0. The second-order valence-corrected chi connectivity index (χ2v) is 9.36. The lowest BCUT2D eigenvalue weighted by molar-refractivity contribution is 1.10. The summed E-state index contributed by atoms with van der Waals surface area (Å²) in [6, 6.07) is 38.9. The van der Waals surface area contributed by atoms with Gasteiger partial charge in [-0.2, -0.15) is 8.75 Å². The number of rotatable bonds is 2. The van der Waals surface area contributed by atoms with Crippen molar-refractivity contribution in [2.45, 2.75) is 0 Å². The predicted molar refractivity (Wildman–Crippen MR) is 146 cm³/mol. The smallest absolute Gasteiger partial charge is 0.107 e. The summed E-state index contributed by atoms with van der Waals surface area (Å²) in [6.45, 7) is 0. The molecule has 0 unspecified atom stereocenters. The Morgan fingerprint density at radius 2 is 0.743 bits per heavy atom. The number of nitrogens with zero attached hydrogens (tertiary/aromatic N) is 4. The number of benzene rings is 5. The van der Waals surface area contributed by atoms with E-state index in [1.807, 2.05) is 0 Å². The molecule has 164 valence electrons. The largest absolute Gasteiger partial charge is 0.307 e. The van der Waals surface area contributed by atoms with Gasteiger partial charge in [-0.3, -0.25) is 0 Å². The number of aromatic nitrogens is 4. The van der Waals surface area contributed by atoms with Crippen LogP contribution in [-0.2, 0) is 0 Å². The lowest BCUT2D eigenvalue weighted by atomic mass is 10.2. The second-order valence-electron chi connectivity index (χ2n) is 8.83. The quantitative estimate of drug-likeness (QED) is 0.260.